The fourth-order valence-corrected chi connectivity index (χ4v) is 2.95. The van der Waals surface area contributed by atoms with Gasteiger partial charge in [0.2, 0.25) is 0 Å². The zero-order chi connectivity index (χ0) is 19.6. The van der Waals surface area contributed by atoms with Crippen LogP contribution in [0.15, 0.2) is 5.11 Å². The van der Waals surface area contributed by atoms with Crippen LogP contribution >= 0.6 is 0 Å². The number of rotatable bonds is 9. The van der Waals surface area contributed by atoms with Crippen molar-refractivity contribution in [3.8, 4) is 0 Å². The highest BCUT2D eigenvalue weighted by molar-refractivity contribution is 5.68. The van der Waals surface area contributed by atoms with Crippen molar-refractivity contribution < 1.29 is 24.2 Å². The molecule has 0 unspecified atom stereocenters. The lowest BCUT2D eigenvalue weighted by Crippen LogP contribution is -2.45. The quantitative estimate of drug-likeness (QED) is 0.286. The maximum absolute atomic E-state index is 12.6. The lowest BCUT2D eigenvalue weighted by Gasteiger charge is -2.37. The van der Waals surface area contributed by atoms with Crippen LogP contribution in [0.5, 0.6) is 0 Å². The normalized spacial score (nSPS) is 20.1. The van der Waals surface area contributed by atoms with Gasteiger partial charge in [-0.25, -0.2) is 9.59 Å². The van der Waals surface area contributed by atoms with Crippen LogP contribution in [0.1, 0.15) is 59.3 Å². The molecule has 0 radical (unpaired) electrons. The van der Waals surface area contributed by atoms with E-state index in [9.17, 15) is 9.59 Å². The van der Waals surface area contributed by atoms with E-state index in [-0.39, 0.29) is 24.8 Å². The summed E-state index contributed by atoms with van der Waals surface area (Å²) >= 11 is 0. The minimum Gasteiger partial charge on any atom is -0.480 e. The van der Waals surface area contributed by atoms with Crippen molar-refractivity contribution in [3.05, 3.63) is 10.4 Å². The lowest BCUT2D eigenvalue weighted by molar-refractivity contribution is -0.142. The van der Waals surface area contributed by atoms with Gasteiger partial charge in [0.05, 0.1) is 0 Å². The zero-order valence-electron chi connectivity index (χ0n) is 15.9. The molecule has 0 aliphatic heterocycles. The highest BCUT2D eigenvalue weighted by atomic mass is 16.6. The van der Waals surface area contributed by atoms with Crippen molar-refractivity contribution in [2.45, 2.75) is 77.0 Å². The summed E-state index contributed by atoms with van der Waals surface area (Å²) in [6.45, 7) is 6.07. The molecule has 1 aliphatic rings. The molecule has 1 fully saturated rings. The number of nitrogens with zero attached hydrogens (tertiary/aromatic N) is 4. The maximum atomic E-state index is 12.6. The van der Waals surface area contributed by atoms with Gasteiger partial charge in [-0.1, -0.05) is 5.11 Å². The summed E-state index contributed by atoms with van der Waals surface area (Å²) in [5, 5.41) is 12.3. The number of unbranched alkanes of at least 4 members (excludes halogenated alkanes) is 1. The molecule has 0 aromatic carbocycles. The van der Waals surface area contributed by atoms with Crippen molar-refractivity contribution in [3.63, 3.8) is 0 Å². The fraction of sp³-hybridized carbons (Fsp3) is 0.882. The van der Waals surface area contributed by atoms with Gasteiger partial charge in [-0.3, -0.25) is 0 Å². The smallest absolute Gasteiger partial charge is 0.410 e. The third-order valence-electron chi connectivity index (χ3n) is 4.11. The number of carboxylic acids is 1. The second-order valence-corrected chi connectivity index (χ2v) is 7.49. The fourth-order valence-electron chi connectivity index (χ4n) is 2.95. The van der Waals surface area contributed by atoms with E-state index in [1.54, 1.807) is 4.90 Å². The molecule has 1 amide bonds. The standard InChI is InChI=1S/C17H30N4O5/c1-17(2,3)26-16(24)21(10-4-5-11-25-12-15(22)23)14-8-6-13(7-9-14)19-20-18/h13-14H,4-12H2,1-3H3,(H,22,23). The topological polar surface area (TPSA) is 125 Å². The van der Waals surface area contributed by atoms with Gasteiger partial charge < -0.3 is 19.5 Å². The number of carbonyl (C=O) groups excluding carboxylic acids is 1. The van der Waals surface area contributed by atoms with Crippen LogP contribution in [-0.2, 0) is 14.3 Å². The Morgan fingerprint density at radius 1 is 1.23 bits per heavy atom. The number of carbonyl (C=O) groups is 2. The van der Waals surface area contributed by atoms with E-state index in [2.05, 4.69) is 10.0 Å². The summed E-state index contributed by atoms with van der Waals surface area (Å²) in [4.78, 5) is 27.6. The molecule has 0 aromatic heterocycles. The first-order chi connectivity index (χ1) is 12.2. The van der Waals surface area contributed by atoms with Crippen molar-refractivity contribution in [1.29, 1.82) is 0 Å². The molecule has 0 aromatic rings. The number of hydrogen-bond acceptors (Lipinski definition) is 5. The number of hydrogen-bond donors (Lipinski definition) is 1. The van der Waals surface area contributed by atoms with Crippen LogP contribution in [0.4, 0.5) is 4.79 Å². The average molecular weight is 370 g/mol. The lowest BCUT2D eigenvalue weighted by atomic mass is 9.90. The van der Waals surface area contributed by atoms with Gasteiger partial charge in [0.15, 0.2) is 0 Å². The highest BCUT2D eigenvalue weighted by Gasteiger charge is 2.31. The molecule has 1 N–H and O–H groups in total. The van der Waals surface area contributed by atoms with E-state index in [1.165, 1.54) is 0 Å². The average Bonchev–Trinajstić information content (AvgIpc) is 2.53. The maximum Gasteiger partial charge on any atom is 0.410 e. The number of amides is 1. The molecule has 0 saturated heterocycles. The van der Waals surface area contributed by atoms with Gasteiger partial charge in [-0.05, 0) is 64.8 Å². The second kappa shape index (κ2) is 10.9. The molecular weight excluding hydrogens is 340 g/mol. The van der Waals surface area contributed by atoms with E-state index in [0.717, 1.165) is 25.7 Å². The van der Waals surface area contributed by atoms with Crippen LogP contribution < -0.4 is 0 Å². The van der Waals surface area contributed by atoms with E-state index in [0.29, 0.717) is 26.0 Å². The van der Waals surface area contributed by atoms with Gasteiger partial charge in [0, 0.05) is 30.1 Å². The van der Waals surface area contributed by atoms with Crippen molar-refractivity contribution in [2.75, 3.05) is 19.8 Å². The summed E-state index contributed by atoms with van der Waals surface area (Å²) in [6.07, 6.45) is 4.11. The van der Waals surface area contributed by atoms with Gasteiger partial charge >= 0.3 is 12.1 Å². The Labute approximate surface area is 154 Å². The summed E-state index contributed by atoms with van der Waals surface area (Å²) in [5.41, 5.74) is 7.99. The first-order valence-corrected chi connectivity index (χ1v) is 9.06. The summed E-state index contributed by atoms with van der Waals surface area (Å²) in [5.74, 6) is -0.989. The second-order valence-electron chi connectivity index (χ2n) is 7.49. The van der Waals surface area contributed by atoms with E-state index in [4.69, 9.17) is 20.1 Å². The molecule has 148 valence electrons. The van der Waals surface area contributed by atoms with E-state index >= 15 is 0 Å². The molecule has 26 heavy (non-hydrogen) atoms. The molecule has 0 spiro atoms. The number of azide groups is 1. The molecule has 1 rings (SSSR count). The third kappa shape index (κ3) is 8.92. The molecule has 1 aliphatic carbocycles. The number of aliphatic carboxylic acids is 1. The molecule has 0 bridgehead atoms. The predicted octanol–water partition coefficient (Wildman–Crippen LogP) is 3.73. The number of carboxylic acid groups (broad SMARTS) is 1. The van der Waals surface area contributed by atoms with E-state index < -0.39 is 11.6 Å². The van der Waals surface area contributed by atoms with Crippen LogP contribution in [-0.4, -0.2) is 59.5 Å². The highest BCUT2D eigenvalue weighted by Crippen LogP contribution is 2.27. The first kappa shape index (κ1) is 22.1. The monoisotopic (exact) mass is 370 g/mol. The molecule has 0 atom stereocenters. The van der Waals surface area contributed by atoms with Gasteiger partial charge in [0.1, 0.15) is 12.2 Å². The predicted molar refractivity (Wildman–Crippen MR) is 95.8 cm³/mol. The van der Waals surface area contributed by atoms with Crippen LogP contribution in [0, 0.1) is 0 Å². The minimum atomic E-state index is -0.989. The number of ether oxygens (including phenoxy) is 2. The van der Waals surface area contributed by atoms with Crippen molar-refractivity contribution >= 4 is 12.1 Å². The Balaban J connectivity index is 2.55. The van der Waals surface area contributed by atoms with Gasteiger partial charge in [-0.15, -0.1) is 0 Å². The Morgan fingerprint density at radius 3 is 2.42 bits per heavy atom. The Kier molecular flexibility index (Phi) is 9.23. The van der Waals surface area contributed by atoms with E-state index in [1.807, 2.05) is 20.8 Å². The van der Waals surface area contributed by atoms with Crippen molar-refractivity contribution in [1.82, 2.24) is 4.90 Å². The molecule has 9 heteroatoms. The first-order valence-electron chi connectivity index (χ1n) is 9.06. The Hall–Kier alpha value is -1.99. The zero-order valence-corrected chi connectivity index (χ0v) is 15.9. The van der Waals surface area contributed by atoms with Crippen LogP contribution in [0.3, 0.4) is 0 Å². The molecule has 1 saturated carbocycles. The van der Waals surface area contributed by atoms with Crippen molar-refractivity contribution in [2.24, 2.45) is 5.11 Å². The summed E-state index contributed by atoms with van der Waals surface area (Å²) < 4.78 is 10.6. The minimum absolute atomic E-state index is 0.00107. The van der Waals surface area contributed by atoms with Crippen LogP contribution in [0.25, 0.3) is 10.4 Å². The SMILES string of the molecule is CC(C)(C)OC(=O)N(CCCCOCC(=O)O)C1CCC(N=[N+]=[N-])CC1. The Bertz CT molecular complexity index is 506. The molecular formula is C17H30N4O5. The third-order valence-corrected chi connectivity index (χ3v) is 4.11. The van der Waals surface area contributed by atoms with Gasteiger partial charge in [-0.2, -0.15) is 0 Å². The molecule has 0 heterocycles. The van der Waals surface area contributed by atoms with Crippen LogP contribution in [0.2, 0.25) is 0 Å². The summed E-state index contributed by atoms with van der Waals surface area (Å²) in [7, 11) is 0. The molecule has 9 nitrogen and oxygen atoms in total. The Morgan fingerprint density at radius 2 is 1.88 bits per heavy atom. The summed E-state index contributed by atoms with van der Waals surface area (Å²) in [6, 6.07) is 0.0658. The van der Waals surface area contributed by atoms with Gasteiger partial charge in [0.25, 0.3) is 0 Å². The largest absolute Gasteiger partial charge is 0.480 e.